The zero-order valence-corrected chi connectivity index (χ0v) is 10.3. The van der Waals surface area contributed by atoms with Crippen molar-refractivity contribution in [1.29, 1.82) is 0 Å². The predicted molar refractivity (Wildman–Crippen MR) is 67.2 cm³/mol. The number of allylic oxidation sites excluding steroid dienone is 1. The summed E-state index contributed by atoms with van der Waals surface area (Å²) in [5.74, 6) is 0. The third-order valence-corrected chi connectivity index (χ3v) is 3.75. The first-order chi connectivity index (χ1) is 8.10. The van der Waals surface area contributed by atoms with Crippen molar-refractivity contribution in [3.05, 3.63) is 34.0 Å². The lowest BCUT2D eigenvalue weighted by atomic mass is 9.91. The monoisotopic (exact) mass is 236 g/mol. The molecule has 0 spiro atoms. The normalized spacial score (nSPS) is 29.8. The molecule has 4 nitrogen and oxygen atoms in total. The Bertz CT molecular complexity index is 356. The van der Waals surface area contributed by atoms with Gasteiger partial charge in [-0.2, -0.15) is 0 Å². The van der Waals surface area contributed by atoms with E-state index in [1.54, 1.807) is 13.0 Å². The Balaban J connectivity index is 1.91. The maximum absolute atomic E-state index is 10.9. The molecule has 17 heavy (non-hydrogen) atoms. The van der Waals surface area contributed by atoms with E-state index in [-0.39, 0.29) is 4.92 Å². The van der Waals surface area contributed by atoms with Crippen LogP contribution in [0.4, 0.5) is 0 Å². The van der Waals surface area contributed by atoms with Crippen molar-refractivity contribution in [1.82, 2.24) is 5.32 Å². The van der Waals surface area contributed by atoms with Crippen LogP contribution in [0.15, 0.2) is 23.9 Å². The van der Waals surface area contributed by atoms with Gasteiger partial charge in [-0.05, 0) is 25.0 Å². The minimum atomic E-state index is -0.919. The molecule has 0 bridgehead atoms. The van der Waals surface area contributed by atoms with E-state index in [0.29, 0.717) is 12.5 Å². The van der Waals surface area contributed by atoms with Gasteiger partial charge in [-0.3, -0.25) is 10.1 Å². The second kappa shape index (κ2) is 4.90. The molecule has 1 unspecified atom stereocenters. The van der Waals surface area contributed by atoms with Crippen molar-refractivity contribution in [2.45, 2.75) is 57.0 Å². The highest BCUT2D eigenvalue weighted by molar-refractivity contribution is 5.26. The molecule has 0 aromatic heterocycles. The molecule has 0 aromatic rings. The van der Waals surface area contributed by atoms with Gasteiger partial charge >= 0.3 is 0 Å². The average molecular weight is 236 g/mol. The van der Waals surface area contributed by atoms with Gasteiger partial charge in [0, 0.05) is 30.0 Å². The SMILES string of the molecule is CC1([N+](=O)[O-])C=CC(NC2CCCCC2)=CC1. The molecule has 1 saturated carbocycles. The summed E-state index contributed by atoms with van der Waals surface area (Å²) in [6.07, 6.45) is 12.4. The van der Waals surface area contributed by atoms with Crippen LogP contribution in [-0.2, 0) is 0 Å². The highest BCUT2D eigenvalue weighted by Crippen LogP contribution is 2.24. The first-order valence-corrected chi connectivity index (χ1v) is 6.41. The topological polar surface area (TPSA) is 55.2 Å². The molecule has 4 heteroatoms. The molecule has 94 valence electrons. The lowest BCUT2D eigenvalue weighted by molar-refractivity contribution is -0.549. The van der Waals surface area contributed by atoms with Crippen molar-refractivity contribution in [2.24, 2.45) is 0 Å². The Morgan fingerprint density at radius 1 is 1.41 bits per heavy atom. The third-order valence-electron chi connectivity index (χ3n) is 3.75. The van der Waals surface area contributed by atoms with Crippen molar-refractivity contribution < 1.29 is 4.92 Å². The molecule has 1 N–H and O–H groups in total. The van der Waals surface area contributed by atoms with Gasteiger partial charge in [0.05, 0.1) is 0 Å². The lowest BCUT2D eigenvalue weighted by Crippen LogP contribution is -2.36. The van der Waals surface area contributed by atoms with Crippen LogP contribution in [0.25, 0.3) is 0 Å². The maximum Gasteiger partial charge on any atom is 0.241 e. The van der Waals surface area contributed by atoms with Crippen LogP contribution in [0, 0.1) is 10.1 Å². The molecular formula is C13H20N2O2. The first kappa shape index (κ1) is 12.1. The van der Waals surface area contributed by atoms with Crippen LogP contribution in [-0.4, -0.2) is 16.5 Å². The molecule has 0 amide bonds. The molecule has 2 rings (SSSR count). The van der Waals surface area contributed by atoms with Gasteiger partial charge in [-0.15, -0.1) is 0 Å². The highest BCUT2D eigenvalue weighted by atomic mass is 16.6. The molecule has 0 aliphatic heterocycles. The molecule has 0 aromatic carbocycles. The minimum absolute atomic E-state index is 0.211. The van der Waals surface area contributed by atoms with E-state index in [1.807, 2.05) is 12.2 Å². The van der Waals surface area contributed by atoms with Crippen LogP contribution in [0.1, 0.15) is 45.4 Å². The Morgan fingerprint density at radius 3 is 2.65 bits per heavy atom. The van der Waals surface area contributed by atoms with Crippen molar-refractivity contribution in [3.8, 4) is 0 Å². The lowest BCUT2D eigenvalue weighted by Gasteiger charge is -2.26. The van der Waals surface area contributed by atoms with E-state index in [2.05, 4.69) is 5.32 Å². The Morgan fingerprint density at radius 2 is 2.12 bits per heavy atom. The number of hydrogen-bond acceptors (Lipinski definition) is 3. The zero-order valence-electron chi connectivity index (χ0n) is 10.3. The molecular weight excluding hydrogens is 216 g/mol. The van der Waals surface area contributed by atoms with Gasteiger partial charge in [0.15, 0.2) is 0 Å². The number of rotatable bonds is 3. The average Bonchev–Trinajstić information content (AvgIpc) is 2.33. The Hall–Kier alpha value is -1.32. The van der Waals surface area contributed by atoms with Gasteiger partial charge in [0.2, 0.25) is 5.54 Å². The number of nitro groups is 1. The summed E-state index contributed by atoms with van der Waals surface area (Å²) >= 11 is 0. The second-order valence-corrected chi connectivity index (χ2v) is 5.29. The van der Waals surface area contributed by atoms with Gasteiger partial charge in [0.1, 0.15) is 0 Å². The minimum Gasteiger partial charge on any atom is -0.383 e. The zero-order chi connectivity index (χ0) is 12.3. The van der Waals surface area contributed by atoms with Crippen LogP contribution < -0.4 is 5.32 Å². The summed E-state index contributed by atoms with van der Waals surface area (Å²) in [4.78, 5) is 10.7. The second-order valence-electron chi connectivity index (χ2n) is 5.29. The summed E-state index contributed by atoms with van der Waals surface area (Å²) in [5, 5.41) is 14.4. The first-order valence-electron chi connectivity index (χ1n) is 6.41. The van der Waals surface area contributed by atoms with Crippen molar-refractivity contribution in [2.75, 3.05) is 0 Å². The van der Waals surface area contributed by atoms with Crippen LogP contribution in [0.2, 0.25) is 0 Å². The van der Waals surface area contributed by atoms with Crippen molar-refractivity contribution in [3.63, 3.8) is 0 Å². The summed E-state index contributed by atoms with van der Waals surface area (Å²) in [7, 11) is 0. The largest absolute Gasteiger partial charge is 0.383 e. The number of nitrogens with zero attached hydrogens (tertiary/aromatic N) is 1. The van der Waals surface area contributed by atoms with Gasteiger partial charge in [0.25, 0.3) is 0 Å². The summed E-state index contributed by atoms with van der Waals surface area (Å²) in [5.41, 5.74) is 0.133. The smallest absolute Gasteiger partial charge is 0.241 e. The van der Waals surface area contributed by atoms with Gasteiger partial charge in [-0.25, -0.2) is 0 Å². The third kappa shape index (κ3) is 2.87. The molecule has 0 heterocycles. The van der Waals surface area contributed by atoms with E-state index in [4.69, 9.17) is 0 Å². The standard InChI is InChI=1S/C13H20N2O2/c1-13(15(16)17)9-7-12(8-10-13)14-11-5-3-2-4-6-11/h7-9,11,14H,2-6,10H2,1H3. The molecule has 2 aliphatic carbocycles. The van der Waals surface area contributed by atoms with E-state index in [0.717, 1.165) is 5.70 Å². The number of nitrogens with one attached hydrogen (secondary N) is 1. The molecule has 1 fully saturated rings. The molecule has 2 aliphatic rings. The predicted octanol–water partition coefficient (Wildman–Crippen LogP) is 2.79. The Labute approximate surface area is 102 Å². The van der Waals surface area contributed by atoms with E-state index < -0.39 is 5.54 Å². The fraction of sp³-hybridized carbons (Fsp3) is 0.692. The van der Waals surface area contributed by atoms with Crippen molar-refractivity contribution >= 4 is 0 Å². The Kier molecular flexibility index (Phi) is 3.50. The fourth-order valence-electron chi connectivity index (χ4n) is 2.45. The van der Waals surface area contributed by atoms with Crippen LogP contribution in [0.5, 0.6) is 0 Å². The van der Waals surface area contributed by atoms with E-state index in [1.165, 1.54) is 32.1 Å². The molecule has 0 saturated heterocycles. The van der Waals surface area contributed by atoms with Gasteiger partial charge in [-0.1, -0.05) is 25.3 Å². The van der Waals surface area contributed by atoms with Crippen LogP contribution >= 0.6 is 0 Å². The fourth-order valence-corrected chi connectivity index (χ4v) is 2.45. The summed E-state index contributed by atoms with van der Waals surface area (Å²) < 4.78 is 0. The van der Waals surface area contributed by atoms with E-state index >= 15 is 0 Å². The van der Waals surface area contributed by atoms with E-state index in [9.17, 15) is 10.1 Å². The maximum atomic E-state index is 10.9. The molecule has 0 radical (unpaired) electrons. The molecule has 1 atom stereocenters. The quantitative estimate of drug-likeness (QED) is 0.605. The van der Waals surface area contributed by atoms with Gasteiger partial charge < -0.3 is 5.32 Å². The number of hydrogen-bond donors (Lipinski definition) is 1. The van der Waals surface area contributed by atoms with Crippen LogP contribution in [0.3, 0.4) is 0 Å². The summed E-state index contributed by atoms with van der Waals surface area (Å²) in [6, 6.07) is 0.555. The summed E-state index contributed by atoms with van der Waals surface area (Å²) in [6.45, 7) is 1.66. The highest BCUT2D eigenvalue weighted by Gasteiger charge is 2.34.